The molecule has 0 saturated carbocycles. The van der Waals surface area contributed by atoms with Crippen LogP contribution in [0.1, 0.15) is 19.3 Å². The number of piperidine rings is 1. The van der Waals surface area contributed by atoms with Crippen LogP contribution in [-0.2, 0) is 19.2 Å². The Morgan fingerprint density at radius 2 is 2.00 bits per heavy atom. The van der Waals surface area contributed by atoms with Gasteiger partial charge in [0.2, 0.25) is 11.8 Å². The molecule has 3 rings (SSSR count). The summed E-state index contributed by atoms with van der Waals surface area (Å²) in [6.45, 7) is 0. The fourth-order valence-corrected chi connectivity index (χ4v) is 3.31. The first kappa shape index (κ1) is 14.2. The number of amides is 4. The van der Waals surface area contributed by atoms with Gasteiger partial charge in [-0.2, -0.15) is 0 Å². The highest BCUT2D eigenvalue weighted by atomic mass is 79.9. The molecule has 1 saturated heterocycles. The Hall–Kier alpha value is -1.76. The second-order valence-corrected chi connectivity index (χ2v) is 5.96. The number of nitrogens with one attached hydrogen (secondary N) is 1. The molecule has 3 aliphatic rings. The van der Waals surface area contributed by atoms with Crippen molar-refractivity contribution in [2.75, 3.05) is 5.33 Å². The van der Waals surface area contributed by atoms with Gasteiger partial charge in [-0.1, -0.05) is 28.1 Å². The van der Waals surface area contributed by atoms with E-state index in [0.717, 1.165) is 4.90 Å². The molecule has 0 aromatic rings. The smallest absolute Gasteiger partial charge is 0.261 e. The third-order valence-electron chi connectivity index (χ3n) is 3.97. The lowest BCUT2D eigenvalue weighted by Crippen LogP contribution is -2.54. The number of nitrogens with zero attached hydrogens (tertiary/aromatic N) is 1. The van der Waals surface area contributed by atoms with Gasteiger partial charge < -0.3 is 0 Å². The van der Waals surface area contributed by atoms with Gasteiger partial charge in [-0.05, 0) is 18.8 Å². The summed E-state index contributed by atoms with van der Waals surface area (Å²) in [5, 5.41) is 2.89. The van der Waals surface area contributed by atoms with Crippen LogP contribution in [0.5, 0.6) is 0 Å². The number of imide groups is 2. The fraction of sp³-hybridized carbons (Fsp3) is 0.429. The van der Waals surface area contributed by atoms with E-state index in [1.54, 1.807) is 6.08 Å². The first-order chi connectivity index (χ1) is 10.0. The van der Waals surface area contributed by atoms with Gasteiger partial charge >= 0.3 is 0 Å². The highest BCUT2D eigenvalue weighted by molar-refractivity contribution is 9.09. The number of allylic oxidation sites excluding steroid dienone is 1. The molecule has 4 amide bonds. The van der Waals surface area contributed by atoms with E-state index in [2.05, 4.69) is 21.2 Å². The summed E-state index contributed by atoms with van der Waals surface area (Å²) in [6.07, 6.45) is 4.38. The molecule has 2 atom stereocenters. The maximum absolute atomic E-state index is 12.5. The summed E-state index contributed by atoms with van der Waals surface area (Å²) in [7, 11) is 0. The minimum atomic E-state index is -0.885. The Labute approximate surface area is 129 Å². The molecule has 1 aliphatic carbocycles. The lowest BCUT2D eigenvalue weighted by molar-refractivity contribution is -0.150. The first-order valence-corrected chi connectivity index (χ1v) is 7.84. The normalized spacial score (nSPS) is 29.1. The lowest BCUT2D eigenvalue weighted by Gasteiger charge is -2.28. The van der Waals surface area contributed by atoms with Crippen LogP contribution in [0.15, 0.2) is 23.3 Å². The molecule has 110 valence electrons. The monoisotopic (exact) mass is 352 g/mol. The maximum Gasteiger partial charge on any atom is 0.261 e. The van der Waals surface area contributed by atoms with Gasteiger partial charge in [0.25, 0.3) is 11.8 Å². The van der Waals surface area contributed by atoms with E-state index in [9.17, 15) is 19.2 Å². The highest BCUT2D eigenvalue weighted by Crippen LogP contribution is 2.34. The molecule has 2 aliphatic heterocycles. The quantitative estimate of drug-likeness (QED) is 0.576. The van der Waals surface area contributed by atoms with Crippen LogP contribution in [0.3, 0.4) is 0 Å². The molecule has 0 aromatic heterocycles. The summed E-state index contributed by atoms with van der Waals surface area (Å²) < 4.78 is 0. The number of halogens is 1. The Kier molecular flexibility index (Phi) is 3.52. The zero-order chi connectivity index (χ0) is 15.1. The zero-order valence-corrected chi connectivity index (χ0v) is 12.7. The van der Waals surface area contributed by atoms with Crippen molar-refractivity contribution in [2.24, 2.45) is 5.92 Å². The molecule has 6 nitrogen and oxygen atoms in total. The molecule has 0 bridgehead atoms. The first-order valence-electron chi connectivity index (χ1n) is 6.72. The Morgan fingerprint density at radius 3 is 2.67 bits per heavy atom. The second kappa shape index (κ2) is 5.22. The molecule has 7 heteroatoms. The Balaban J connectivity index is 1.86. The molecular weight excluding hydrogens is 340 g/mol. The summed E-state index contributed by atoms with van der Waals surface area (Å²) in [5.41, 5.74) is 0.846. The van der Waals surface area contributed by atoms with Crippen molar-refractivity contribution in [1.82, 2.24) is 10.2 Å². The van der Waals surface area contributed by atoms with E-state index >= 15 is 0 Å². The molecule has 2 heterocycles. The van der Waals surface area contributed by atoms with Crippen LogP contribution < -0.4 is 5.32 Å². The largest absolute Gasteiger partial charge is 0.295 e. The van der Waals surface area contributed by atoms with Gasteiger partial charge in [0, 0.05) is 22.9 Å². The Bertz CT molecular complexity index is 622. The number of hydrogen-bond acceptors (Lipinski definition) is 4. The Morgan fingerprint density at radius 1 is 1.24 bits per heavy atom. The van der Waals surface area contributed by atoms with E-state index in [0.29, 0.717) is 22.9 Å². The standard InChI is InChI=1S/C14H13BrN2O4/c15-6-7-1-2-8-9(5-7)14(21)17(13(8)20)10-3-4-11(18)16-12(10)19/h1-2,7,10H,3-6H2,(H,16,18,19). The summed E-state index contributed by atoms with van der Waals surface area (Å²) >= 11 is 3.37. The fourth-order valence-electron chi connectivity index (χ4n) is 2.86. The minimum Gasteiger partial charge on any atom is -0.295 e. The van der Waals surface area contributed by atoms with Gasteiger partial charge in [-0.3, -0.25) is 29.4 Å². The number of rotatable bonds is 2. The summed E-state index contributed by atoms with van der Waals surface area (Å²) in [4.78, 5) is 48.9. The van der Waals surface area contributed by atoms with Crippen molar-refractivity contribution in [3.05, 3.63) is 23.3 Å². The molecule has 2 unspecified atom stereocenters. The van der Waals surface area contributed by atoms with Gasteiger partial charge in [0.1, 0.15) is 6.04 Å². The van der Waals surface area contributed by atoms with E-state index in [-0.39, 0.29) is 24.7 Å². The summed E-state index contributed by atoms with van der Waals surface area (Å²) in [5.74, 6) is -1.61. The third kappa shape index (κ3) is 2.25. The predicted octanol–water partition coefficient (Wildman–Crippen LogP) is 0.428. The molecular formula is C14H13BrN2O4. The van der Waals surface area contributed by atoms with Crippen molar-refractivity contribution < 1.29 is 19.2 Å². The SMILES string of the molecule is O=C1CCC(N2C(=O)C3=C(CC(CBr)C=C3)C2=O)C(=O)N1. The third-order valence-corrected chi connectivity index (χ3v) is 4.80. The van der Waals surface area contributed by atoms with Crippen LogP contribution in [0.25, 0.3) is 0 Å². The molecule has 0 spiro atoms. The van der Waals surface area contributed by atoms with Crippen molar-refractivity contribution in [3.8, 4) is 0 Å². The van der Waals surface area contributed by atoms with Gasteiger partial charge in [-0.15, -0.1) is 0 Å². The van der Waals surface area contributed by atoms with Gasteiger partial charge in [0.05, 0.1) is 0 Å². The number of carbonyl (C=O) groups is 4. The highest BCUT2D eigenvalue weighted by Gasteiger charge is 2.46. The average Bonchev–Trinajstić information content (AvgIpc) is 2.71. The van der Waals surface area contributed by atoms with Gasteiger partial charge in [-0.25, -0.2) is 0 Å². The molecule has 21 heavy (non-hydrogen) atoms. The predicted molar refractivity (Wildman–Crippen MR) is 76.1 cm³/mol. The molecule has 0 radical (unpaired) electrons. The topological polar surface area (TPSA) is 83.6 Å². The van der Waals surface area contributed by atoms with Crippen LogP contribution in [0.4, 0.5) is 0 Å². The van der Waals surface area contributed by atoms with Crippen molar-refractivity contribution >= 4 is 39.6 Å². The van der Waals surface area contributed by atoms with Crippen molar-refractivity contribution in [2.45, 2.75) is 25.3 Å². The molecule has 1 N–H and O–H groups in total. The number of carbonyl (C=O) groups excluding carboxylic acids is 4. The minimum absolute atomic E-state index is 0.137. The summed E-state index contributed by atoms with van der Waals surface area (Å²) in [6, 6.07) is -0.885. The van der Waals surface area contributed by atoms with Gasteiger partial charge in [0.15, 0.2) is 0 Å². The molecule has 1 fully saturated rings. The maximum atomic E-state index is 12.5. The number of alkyl halides is 1. The van der Waals surface area contributed by atoms with E-state index in [4.69, 9.17) is 0 Å². The zero-order valence-electron chi connectivity index (χ0n) is 11.1. The van der Waals surface area contributed by atoms with Crippen molar-refractivity contribution in [1.29, 1.82) is 0 Å². The van der Waals surface area contributed by atoms with E-state index in [1.807, 2.05) is 6.08 Å². The molecule has 0 aromatic carbocycles. The van der Waals surface area contributed by atoms with Crippen LogP contribution >= 0.6 is 15.9 Å². The van der Waals surface area contributed by atoms with Crippen molar-refractivity contribution in [3.63, 3.8) is 0 Å². The second-order valence-electron chi connectivity index (χ2n) is 5.32. The number of hydrogen-bond donors (Lipinski definition) is 1. The van der Waals surface area contributed by atoms with Crippen LogP contribution in [0.2, 0.25) is 0 Å². The lowest BCUT2D eigenvalue weighted by atomic mass is 9.92. The van der Waals surface area contributed by atoms with E-state index < -0.39 is 23.8 Å². The van der Waals surface area contributed by atoms with E-state index in [1.165, 1.54) is 0 Å². The van der Waals surface area contributed by atoms with Crippen LogP contribution in [-0.4, -0.2) is 39.9 Å². The van der Waals surface area contributed by atoms with Crippen LogP contribution in [0, 0.1) is 5.92 Å². The average molecular weight is 353 g/mol.